The number of benzene rings is 1. The Morgan fingerprint density at radius 1 is 1.07 bits per heavy atom. The zero-order valence-electron chi connectivity index (χ0n) is 18.1. The van der Waals surface area contributed by atoms with Gasteiger partial charge in [0.1, 0.15) is 12.4 Å². The first-order valence-electron chi connectivity index (χ1n) is 10.6. The van der Waals surface area contributed by atoms with Crippen LogP contribution in [0.2, 0.25) is 0 Å². The largest absolute Gasteiger partial charge is 0.472 e. The molecule has 0 unspecified atom stereocenters. The van der Waals surface area contributed by atoms with Gasteiger partial charge < -0.3 is 15.4 Å². The molecule has 0 radical (unpaired) electrons. The molecule has 2 N–H and O–H groups in total. The van der Waals surface area contributed by atoms with Crippen molar-refractivity contribution in [3.8, 4) is 22.7 Å². The SMILES string of the molecule is CC1(C)CC(Nc2ccc3c(n2)OCc2cc(-n4cccn4)ccc2-3)CC(C)(C)N1. The Balaban J connectivity index is 1.39. The highest BCUT2D eigenvalue weighted by atomic mass is 16.5. The van der Waals surface area contributed by atoms with E-state index in [9.17, 15) is 0 Å². The summed E-state index contributed by atoms with van der Waals surface area (Å²) in [6.07, 6.45) is 5.83. The minimum absolute atomic E-state index is 0.0926. The maximum atomic E-state index is 6.04. The molecule has 0 saturated carbocycles. The standard InChI is InChI=1S/C24H29N5O/c1-23(2)13-17(14-24(3,4)28-23)26-21-9-8-20-19-7-6-18(29-11-5-10-25-29)12-16(19)15-30-22(20)27-21/h5-12,17,28H,13-15H2,1-4H3,(H,26,27). The fourth-order valence-corrected chi connectivity index (χ4v) is 5.14. The molecule has 0 spiro atoms. The van der Waals surface area contributed by atoms with Crippen LogP contribution in [-0.4, -0.2) is 31.9 Å². The van der Waals surface area contributed by atoms with Gasteiger partial charge in [-0.05, 0) is 82.0 Å². The van der Waals surface area contributed by atoms with Gasteiger partial charge in [-0.15, -0.1) is 0 Å². The summed E-state index contributed by atoms with van der Waals surface area (Å²) in [7, 11) is 0. The average Bonchev–Trinajstić information content (AvgIpc) is 3.19. The van der Waals surface area contributed by atoms with E-state index in [1.54, 1.807) is 6.20 Å². The summed E-state index contributed by atoms with van der Waals surface area (Å²) in [5, 5.41) is 11.7. The molecule has 0 bridgehead atoms. The van der Waals surface area contributed by atoms with Gasteiger partial charge in [0.25, 0.3) is 0 Å². The Hall–Kier alpha value is -2.86. The molecule has 1 saturated heterocycles. The number of nitrogens with one attached hydrogen (secondary N) is 2. The highest BCUT2D eigenvalue weighted by molar-refractivity contribution is 5.75. The van der Waals surface area contributed by atoms with E-state index in [2.05, 4.69) is 73.8 Å². The second kappa shape index (κ2) is 6.84. The topological polar surface area (TPSA) is 64.0 Å². The van der Waals surface area contributed by atoms with E-state index < -0.39 is 0 Å². The molecule has 0 aliphatic carbocycles. The number of fused-ring (bicyclic) bond motifs is 3. The Kier molecular flexibility index (Phi) is 4.36. The van der Waals surface area contributed by atoms with E-state index >= 15 is 0 Å². The van der Waals surface area contributed by atoms with Crippen molar-refractivity contribution in [3.63, 3.8) is 0 Å². The number of hydrogen-bond acceptors (Lipinski definition) is 5. The third kappa shape index (κ3) is 3.67. The Morgan fingerprint density at radius 2 is 1.83 bits per heavy atom. The predicted octanol–water partition coefficient (Wildman–Crippen LogP) is 4.55. The Bertz CT molecular complexity index is 1060. The molecule has 5 rings (SSSR count). The number of nitrogens with zero attached hydrogens (tertiary/aromatic N) is 3. The summed E-state index contributed by atoms with van der Waals surface area (Å²) in [6.45, 7) is 9.57. The number of anilines is 1. The summed E-state index contributed by atoms with van der Waals surface area (Å²) in [5.74, 6) is 1.58. The third-order valence-electron chi connectivity index (χ3n) is 5.91. The van der Waals surface area contributed by atoms with Crippen molar-refractivity contribution in [2.45, 2.75) is 64.3 Å². The van der Waals surface area contributed by atoms with Gasteiger partial charge in [-0.3, -0.25) is 0 Å². The van der Waals surface area contributed by atoms with Crippen molar-refractivity contribution in [2.24, 2.45) is 0 Å². The monoisotopic (exact) mass is 403 g/mol. The molecular formula is C24H29N5O. The summed E-state index contributed by atoms with van der Waals surface area (Å²) < 4.78 is 7.91. The maximum absolute atomic E-state index is 6.04. The predicted molar refractivity (Wildman–Crippen MR) is 119 cm³/mol. The van der Waals surface area contributed by atoms with E-state index in [1.807, 2.05) is 16.9 Å². The number of piperidine rings is 1. The normalized spacial score (nSPS) is 19.5. The fourth-order valence-electron chi connectivity index (χ4n) is 5.14. The lowest BCUT2D eigenvalue weighted by molar-refractivity contribution is 0.170. The lowest BCUT2D eigenvalue weighted by Crippen LogP contribution is -2.60. The van der Waals surface area contributed by atoms with Gasteiger partial charge in [0, 0.05) is 35.1 Å². The summed E-state index contributed by atoms with van der Waals surface area (Å²) in [4.78, 5) is 4.80. The molecule has 2 aliphatic heterocycles. The quantitative estimate of drug-likeness (QED) is 0.672. The van der Waals surface area contributed by atoms with Gasteiger partial charge >= 0.3 is 0 Å². The number of hydrogen-bond donors (Lipinski definition) is 2. The zero-order valence-corrected chi connectivity index (χ0v) is 18.1. The average molecular weight is 404 g/mol. The van der Waals surface area contributed by atoms with Crippen LogP contribution in [0.15, 0.2) is 48.8 Å². The minimum Gasteiger partial charge on any atom is -0.472 e. The van der Waals surface area contributed by atoms with Gasteiger partial charge in [-0.1, -0.05) is 6.07 Å². The molecule has 0 atom stereocenters. The number of aromatic nitrogens is 3. The van der Waals surface area contributed by atoms with Crippen LogP contribution in [0.4, 0.5) is 5.82 Å². The van der Waals surface area contributed by atoms with E-state index in [-0.39, 0.29) is 11.1 Å². The molecule has 1 fully saturated rings. The van der Waals surface area contributed by atoms with Crippen molar-refractivity contribution in [1.82, 2.24) is 20.1 Å². The summed E-state index contributed by atoms with van der Waals surface area (Å²) in [5.41, 5.74) is 4.59. The first kappa shape index (κ1) is 19.1. The molecule has 2 aromatic heterocycles. The van der Waals surface area contributed by atoms with Crippen molar-refractivity contribution in [3.05, 3.63) is 54.4 Å². The lowest BCUT2D eigenvalue weighted by atomic mass is 9.79. The Morgan fingerprint density at radius 3 is 2.57 bits per heavy atom. The molecule has 6 heteroatoms. The van der Waals surface area contributed by atoms with Crippen molar-refractivity contribution >= 4 is 5.82 Å². The van der Waals surface area contributed by atoms with Crippen LogP contribution in [-0.2, 0) is 6.61 Å². The van der Waals surface area contributed by atoms with Crippen LogP contribution in [0, 0.1) is 0 Å². The first-order valence-corrected chi connectivity index (χ1v) is 10.6. The molecule has 1 aromatic carbocycles. The van der Waals surface area contributed by atoms with Crippen LogP contribution in [0.1, 0.15) is 46.1 Å². The lowest BCUT2D eigenvalue weighted by Gasteiger charge is -2.46. The second-order valence-electron chi connectivity index (χ2n) is 9.77. The molecule has 0 amide bonds. The van der Waals surface area contributed by atoms with Gasteiger partial charge in [0.2, 0.25) is 5.88 Å². The van der Waals surface area contributed by atoms with E-state index in [4.69, 9.17) is 9.72 Å². The number of ether oxygens (including phenoxy) is 1. The molecule has 30 heavy (non-hydrogen) atoms. The molecule has 6 nitrogen and oxygen atoms in total. The third-order valence-corrected chi connectivity index (χ3v) is 5.91. The van der Waals surface area contributed by atoms with Crippen molar-refractivity contribution in [1.29, 1.82) is 0 Å². The minimum atomic E-state index is 0.0926. The van der Waals surface area contributed by atoms with Gasteiger partial charge in [-0.2, -0.15) is 10.1 Å². The van der Waals surface area contributed by atoms with Crippen LogP contribution >= 0.6 is 0 Å². The van der Waals surface area contributed by atoms with E-state index in [0.717, 1.165) is 35.5 Å². The first-order chi connectivity index (χ1) is 14.3. The van der Waals surface area contributed by atoms with Gasteiger partial charge in [-0.25, -0.2) is 4.68 Å². The maximum Gasteiger partial charge on any atom is 0.223 e. The van der Waals surface area contributed by atoms with Crippen LogP contribution in [0.3, 0.4) is 0 Å². The van der Waals surface area contributed by atoms with Gasteiger partial charge in [0.05, 0.1) is 5.69 Å². The fraction of sp³-hybridized carbons (Fsp3) is 0.417. The molecule has 156 valence electrons. The highest BCUT2D eigenvalue weighted by Crippen LogP contribution is 2.38. The Labute approximate surface area is 177 Å². The van der Waals surface area contributed by atoms with Crippen LogP contribution in [0.5, 0.6) is 5.88 Å². The van der Waals surface area contributed by atoms with E-state index in [0.29, 0.717) is 18.5 Å². The second-order valence-corrected chi connectivity index (χ2v) is 9.77. The molecule has 3 aromatic rings. The number of pyridine rings is 1. The van der Waals surface area contributed by atoms with Gasteiger partial charge in [0.15, 0.2) is 0 Å². The van der Waals surface area contributed by atoms with Crippen molar-refractivity contribution in [2.75, 3.05) is 5.32 Å². The number of rotatable bonds is 3. The summed E-state index contributed by atoms with van der Waals surface area (Å²) >= 11 is 0. The van der Waals surface area contributed by atoms with Crippen LogP contribution in [0.25, 0.3) is 16.8 Å². The highest BCUT2D eigenvalue weighted by Gasteiger charge is 2.37. The smallest absolute Gasteiger partial charge is 0.223 e. The van der Waals surface area contributed by atoms with Crippen molar-refractivity contribution < 1.29 is 4.74 Å². The summed E-state index contributed by atoms with van der Waals surface area (Å²) in [6, 6.07) is 12.8. The molecular weight excluding hydrogens is 374 g/mol. The van der Waals surface area contributed by atoms with Crippen LogP contribution < -0.4 is 15.4 Å². The van der Waals surface area contributed by atoms with E-state index in [1.165, 1.54) is 5.56 Å². The molecule has 2 aliphatic rings. The molecule has 4 heterocycles. The zero-order chi connectivity index (χ0) is 20.9.